The highest BCUT2D eigenvalue weighted by molar-refractivity contribution is 6.33. The number of aromatic nitrogens is 2. The lowest BCUT2D eigenvalue weighted by atomic mass is 10.2. The Balaban J connectivity index is 1.85. The van der Waals surface area contributed by atoms with Gasteiger partial charge < -0.3 is 14.1 Å². The van der Waals surface area contributed by atoms with Crippen LogP contribution < -0.4 is 0 Å². The number of hydrogen-bond acceptors (Lipinski definition) is 5. The minimum Gasteiger partial charge on any atom is -0.465 e. The number of ether oxygens (including phenoxy) is 1. The van der Waals surface area contributed by atoms with E-state index in [1.807, 2.05) is 0 Å². The van der Waals surface area contributed by atoms with E-state index in [4.69, 9.17) is 20.8 Å². The molecule has 0 aliphatic rings. The molecule has 0 unspecified atom stereocenters. The molecule has 0 spiro atoms. The summed E-state index contributed by atoms with van der Waals surface area (Å²) >= 11 is 6.41. The predicted octanol–water partition coefficient (Wildman–Crippen LogP) is 3.93. The van der Waals surface area contributed by atoms with Crippen molar-refractivity contribution in [3.05, 3.63) is 69.6 Å². The number of benzene rings is 1. The lowest BCUT2D eigenvalue weighted by Crippen LogP contribution is -2.26. The smallest absolute Gasteiger partial charge is 0.341 e. The number of rotatable bonds is 5. The highest BCUT2D eigenvalue weighted by atomic mass is 35.5. The molecule has 0 fully saturated rings. The van der Waals surface area contributed by atoms with Crippen LogP contribution in [-0.2, 0) is 11.3 Å². The number of aryl methyl sites for hydroxylation is 2. The third-order valence-corrected chi connectivity index (χ3v) is 4.75. The molecule has 0 radical (unpaired) electrons. The second kappa shape index (κ2) is 8.08. The Bertz CT molecular complexity index is 1070. The largest absolute Gasteiger partial charge is 0.465 e. The zero-order chi connectivity index (χ0) is 21.3. The van der Waals surface area contributed by atoms with Gasteiger partial charge in [-0.2, -0.15) is 5.10 Å². The maximum absolute atomic E-state index is 13.2. The van der Waals surface area contributed by atoms with Crippen LogP contribution in [0.15, 0.2) is 34.7 Å². The maximum atomic E-state index is 13.2. The van der Waals surface area contributed by atoms with Gasteiger partial charge in [0.05, 0.1) is 30.6 Å². The number of furan rings is 1. The highest BCUT2D eigenvalue weighted by Crippen LogP contribution is 2.26. The summed E-state index contributed by atoms with van der Waals surface area (Å²) in [5, 5.41) is 4.43. The minimum atomic E-state index is -0.508. The number of amides is 1. The number of halogens is 2. The van der Waals surface area contributed by atoms with Crippen LogP contribution in [0.1, 0.15) is 37.9 Å². The molecule has 29 heavy (non-hydrogen) atoms. The number of carbonyl (C=O) groups excluding carboxylic acids is 2. The lowest BCUT2D eigenvalue weighted by Gasteiger charge is -2.15. The maximum Gasteiger partial charge on any atom is 0.341 e. The first-order valence-corrected chi connectivity index (χ1v) is 9.04. The van der Waals surface area contributed by atoms with E-state index in [0.29, 0.717) is 28.5 Å². The van der Waals surface area contributed by atoms with Crippen LogP contribution in [0.2, 0.25) is 5.15 Å². The van der Waals surface area contributed by atoms with E-state index in [1.165, 1.54) is 41.0 Å². The molecule has 0 aliphatic heterocycles. The molecule has 152 valence electrons. The average molecular weight is 420 g/mol. The summed E-state index contributed by atoms with van der Waals surface area (Å²) in [4.78, 5) is 26.1. The molecule has 3 rings (SSSR count). The van der Waals surface area contributed by atoms with Gasteiger partial charge in [-0.15, -0.1) is 0 Å². The number of esters is 1. The first kappa shape index (κ1) is 20.6. The second-order valence-corrected chi connectivity index (χ2v) is 6.83. The third-order valence-electron chi connectivity index (χ3n) is 4.40. The fraction of sp³-hybridized carbons (Fsp3) is 0.250. The van der Waals surface area contributed by atoms with E-state index < -0.39 is 5.97 Å². The molecule has 2 aromatic heterocycles. The monoisotopic (exact) mass is 419 g/mol. The normalized spacial score (nSPS) is 10.8. The van der Waals surface area contributed by atoms with Crippen molar-refractivity contribution in [2.45, 2.75) is 20.4 Å². The molecular formula is C20H19ClFN3O4. The molecule has 3 aromatic rings. The molecule has 9 heteroatoms. The summed E-state index contributed by atoms with van der Waals surface area (Å²) in [5.41, 5.74) is 1.50. The van der Waals surface area contributed by atoms with Crippen LogP contribution in [0.5, 0.6) is 0 Å². The van der Waals surface area contributed by atoms with Gasteiger partial charge in [0.1, 0.15) is 28.1 Å². The number of nitrogens with zero attached hydrogens (tertiary/aromatic N) is 3. The topological polar surface area (TPSA) is 77.6 Å². The molecule has 0 atom stereocenters. The predicted molar refractivity (Wildman–Crippen MR) is 104 cm³/mol. The first-order chi connectivity index (χ1) is 13.7. The Labute approximate surface area is 171 Å². The van der Waals surface area contributed by atoms with Gasteiger partial charge in [-0.05, 0) is 44.2 Å². The Morgan fingerprint density at radius 3 is 2.55 bits per heavy atom. The van der Waals surface area contributed by atoms with Gasteiger partial charge in [-0.3, -0.25) is 4.79 Å². The van der Waals surface area contributed by atoms with Crippen molar-refractivity contribution >= 4 is 23.5 Å². The number of hydrogen-bond donors (Lipinski definition) is 0. The van der Waals surface area contributed by atoms with E-state index in [9.17, 15) is 14.0 Å². The van der Waals surface area contributed by atoms with Crippen molar-refractivity contribution in [3.8, 4) is 5.69 Å². The summed E-state index contributed by atoms with van der Waals surface area (Å²) in [7, 11) is 2.87. The van der Waals surface area contributed by atoms with Crippen molar-refractivity contribution < 1.29 is 23.1 Å². The Hall–Kier alpha value is -3.13. The second-order valence-electron chi connectivity index (χ2n) is 6.47. The van der Waals surface area contributed by atoms with Gasteiger partial charge >= 0.3 is 5.97 Å². The molecule has 0 bridgehead atoms. The molecule has 0 N–H and O–H groups in total. The standard InChI is InChI=1S/C20H19ClFN3O4/c1-11-17(18(21)25(23-11)14-7-5-13(22)6-8-14)19(26)24(3)10-15-9-16(12(2)29-15)20(27)28-4/h5-9H,10H2,1-4H3. The van der Waals surface area contributed by atoms with Gasteiger partial charge in [0, 0.05) is 7.05 Å². The fourth-order valence-corrected chi connectivity index (χ4v) is 3.28. The molecule has 2 heterocycles. The van der Waals surface area contributed by atoms with Crippen molar-refractivity contribution in [3.63, 3.8) is 0 Å². The van der Waals surface area contributed by atoms with Crippen molar-refractivity contribution in [2.75, 3.05) is 14.2 Å². The van der Waals surface area contributed by atoms with Crippen LogP contribution in [0, 0.1) is 19.7 Å². The molecule has 1 amide bonds. The fourth-order valence-electron chi connectivity index (χ4n) is 2.93. The van der Waals surface area contributed by atoms with Crippen LogP contribution in [0.3, 0.4) is 0 Å². The van der Waals surface area contributed by atoms with E-state index in [2.05, 4.69) is 5.10 Å². The van der Waals surface area contributed by atoms with Crippen molar-refractivity contribution in [2.24, 2.45) is 0 Å². The van der Waals surface area contributed by atoms with Gasteiger partial charge in [0.25, 0.3) is 5.91 Å². The van der Waals surface area contributed by atoms with Crippen LogP contribution >= 0.6 is 11.6 Å². The summed E-state index contributed by atoms with van der Waals surface area (Å²) in [5.74, 6) is -0.421. The Kier molecular flexibility index (Phi) is 5.74. The van der Waals surface area contributed by atoms with Crippen molar-refractivity contribution in [1.29, 1.82) is 0 Å². The van der Waals surface area contributed by atoms with Crippen LogP contribution in [-0.4, -0.2) is 40.7 Å². The van der Waals surface area contributed by atoms with Crippen molar-refractivity contribution in [1.82, 2.24) is 14.7 Å². The first-order valence-electron chi connectivity index (χ1n) is 8.67. The summed E-state index contributed by atoms with van der Waals surface area (Å²) < 4.78 is 24.8. The number of carbonyl (C=O) groups is 2. The van der Waals surface area contributed by atoms with Crippen LogP contribution in [0.25, 0.3) is 5.69 Å². The zero-order valence-corrected chi connectivity index (χ0v) is 17.1. The number of methoxy groups -OCH3 is 1. The quantitative estimate of drug-likeness (QED) is 0.585. The average Bonchev–Trinajstić information content (AvgIpc) is 3.20. The molecule has 0 aliphatic carbocycles. The van der Waals surface area contributed by atoms with E-state index in [-0.39, 0.29) is 29.0 Å². The molecule has 0 saturated heterocycles. The lowest BCUT2D eigenvalue weighted by molar-refractivity contribution is 0.0598. The summed E-state index contributed by atoms with van der Waals surface area (Å²) in [6.45, 7) is 3.43. The molecule has 7 nitrogen and oxygen atoms in total. The Morgan fingerprint density at radius 1 is 1.28 bits per heavy atom. The van der Waals surface area contributed by atoms with E-state index >= 15 is 0 Å². The van der Waals surface area contributed by atoms with E-state index in [0.717, 1.165) is 0 Å². The SMILES string of the molecule is COC(=O)c1cc(CN(C)C(=O)c2c(C)nn(-c3ccc(F)cc3)c2Cl)oc1C. The Morgan fingerprint density at radius 2 is 1.93 bits per heavy atom. The van der Waals surface area contributed by atoms with Gasteiger partial charge in [-0.25, -0.2) is 13.9 Å². The highest BCUT2D eigenvalue weighted by Gasteiger charge is 2.25. The minimum absolute atomic E-state index is 0.119. The summed E-state index contributed by atoms with van der Waals surface area (Å²) in [6.07, 6.45) is 0. The van der Waals surface area contributed by atoms with E-state index in [1.54, 1.807) is 27.0 Å². The van der Waals surface area contributed by atoms with Gasteiger partial charge in [-0.1, -0.05) is 11.6 Å². The molecular weight excluding hydrogens is 401 g/mol. The van der Waals surface area contributed by atoms with Crippen LogP contribution in [0.4, 0.5) is 4.39 Å². The zero-order valence-electron chi connectivity index (χ0n) is 16.3. The molecule has 1 aromatic carbocycles. The third kappa shape index (κ3) is 4.02. The van der Waals surface area contributed by atoms with Gasteiger partial charge in [0.2, 0.25) is 0 Å². The molecule has 0 saturated carbocycles. The summed E-state index contributed by atoms with van der Waals surface area (Å²) in [6, 6.07) is 7.15. The van der Waals surface area contributed by atoms with Gasteiger partial charge in [0.15, 0.2) is 0 Å².